The molecular weight excluding hydrogens is 252 g/mol. The molecule has 0 heterocycles. The Labute approximate surface area is 119 Å². The summed E-state index contributed by atoms with van der Waals surface area (Å²) in [5.41, 5.74) is 2.53. The van der Waals surface area contributed by atoms with E-state index in [0.717, 1.165) is 6.42 Å². The van der Waals surface area contributed by atoms with Gasteiger partial charge in [-0.25, -0.2) is 0 Å². The van der Waals surface area contributed by atoms with Gasteiger partial charge in [-0.15, -0.1) is 0 Å². The summed E-state index contributed by atoms with van der Waals surface area (Å²) in [4.78, 5) is 0. The average molecular weight is 270 g/mol. The molecule has 0 aliphatic carbocycles. The highest BCUT2D eigenvalue weighted by molar-refractivity contribution is 7.80. The van der Waals surface area contributed by atoms with Gasteiger partial charge in [-0.3, -0.25) is 0 Å². The average Bonchev–Trinajstić information content (AvgIpc) is 2.48. The first-order chi connectivity index (χ1) is 9.29. The molecule has 2 rings (SSSR count). The van der Waals surface area contributed by atoms with Crippen LogP contribution in [-0.4, -0.2) is 12.2 Å². The van der Waals surface area contributed by atoms with Gasteiger partial charge in [0.25, 0.3) is 0 Å². The van der Waals surface area contributed by atoms with Crippen molar-refractivity contribution in [3.8, 4) is 0 Å². The second kappa shape index (κ2) is 6.90. The van der Waals surface area contributed by atoms with Crippen LogP contribution >= 0.6 is 12.2 Å². The molecule has 0 spiro atoms. The van der Waals surface area contributed by atoms with Gasteiger partial charge in [0.05, 0.1) is 6.04 Å². The van der Waals surface area contributed by atoms with Crippen molar-refractivity contribution in [2.75, 3.05) is 7.05 Å². The zero-order valence-electron chi connectivity index (χ0n) is 11.0. The van der Waals surface area contributed by atoms with Crippen LogP contribution in [0, 0.1) is 0 Å². The molecular formula is C16H18N2S. The van der Waals surface area contributed by atoms with E-state index in [2.05, 4.69) is 59.2 Å². The summed E-state index contributed by atoms with van der Waals surface area (Å²) in [6, 6.07) is 21.0. The number of hydrogen-bond donors (Lipinski definition) is 2. The number of benzene rings is 2. The van der Waals surface area contributed by atoms with Crippen molar-refractivity contribution in [3.63, 3.8) is 0 Å². The van der Waals surface area contributed by atoms with E-state index in [1.807, 2.05) is 19.2 Å². The van der Waals surface area contributed by atoms with E-state index in [-0.39, 0.29) is 6.04 Å². The SMILES string of the molecule is CNC(=S)N[C@H](Cc1ccccc1)c1ccccc1. The molecule has 98 valence electrons. The van der Waals surface area contributed by atoms with E-state index in [4.69, 9.17) is 12.2 Å². The predicted molar refractivity (Wildman–Crippen MR) is 84.1 cm³/mol. The van der Waals surface area contributed by atoms with Gasteiger partial charge < -0.3 is 10.6 Å². The Morgan fingerprint density at radius 1 is 1.00 bits per heavy atom. The van der Waals surface area contributed by atoms with Crippen molar-refractivity contribution in [2.24, 2.45) is 0 Å². The van der Waals surface area contributed by atoms with Gasteiger partial charge in [-0.2, -0.15) is 0 Å². The highest BCUT2D eigenvalue weighted by atomic mass is 32.1. The van der Waals surface area contributed by atoms with E-state index in [0.29, 0.717) is 5.11 Å². The monoisotopic (exact) mass is 270 g/mol. The number of thiocarbonyl (C=S) groups is 1. The highest BCUT2D eigenvalue weighted by Gasteiger charge is 2.12. The Bertz CT molecular complexity index is 511. The minimum Gasteiger partial charge on any atom is -0.366 e. The molecule has 0 bridgehead atoms. The summed E-state index contributed by atoms with van der Waals surface area (Å²) in [6.45, 7) is 0. The van der Waals surface area contributed by atoms with Crippen LogP contribution in [0.2, 0.25) is 0 Å². The Morgan fingerprint density at radius 3 is 2.16 bits per heavy atom. The van der Waals surface area contributed by atoms with Crippen molar-refractivity contribution < 1.29 is 0 Å². The summed E-state index contributed by atoms with van der Waals surface area (Å²) >= 11 is 5.23. The Balaban J connectivity index is 2.17. The molecule has 0 amide bonds. The third-order valence-electron chi connectivity index (χ3n) is 3.02. The van der Waals surface area contributed by atoms with E-state index in [9.17, 15) is 0 Å². The molecule has 0 aliphatic rings. The van der Waals surface area contributed by atoms with Crippen LogP contribution in [0.1, 0.15) is 17.2 Å². The van der Waals surface area contributed by atoms with Crippen molar-refractivity contribution in [1.29, 1.82) is 0 Å². The Kier molecular flexibility index (Phi) is 4.93. The molecule has 0 unspecified atom stereocenters. The maximum atomic E-state index is 5.23. The highest BCUT2D eigenvalue weighted by Crippen LogP contribution is 2.18. The van der Waals surface area contributed by atoms with Crippen LogP contribution in [0.15, 0.2) is 60.7 Å². The van der Waals surface area contributed by atoms with Gasteiger partial charge in [0.15, 0.2) is 5.11 Å². The van der Waals surface area contributed by atoms with Crippen LogP contribution in [0.4, 0.5) is 0 Å². The quantitative estimate of drug-likeness (QED) is 0.835. The Hall–Kier alpha value is -1.87. The molecule has 0 saturated carbocycles. The summed E-state index contributed by atoms with van der Waals surface area (Å²) in [5.74, 6) is 0. The standard InChI is InChI=1S/C16H18N2S/c1-17-16(19)18-15(14-10-6-3-7-11-14)12-13-8-4-2-5-9-13/h2-11,15H,12H2,1H3,(H2,17,18,19)/t15-/m1/s1. The molecule has 2 N–H and O–H groups in total. The normalized spacial score (nSPS) is 11.6. The van der Waals surface area contributed by atoms with E-state index >= 15 is 0 Å². The van der Waals surface area contributed by atoms with Crippen LogP contribution in [0.3, 0.4) is 0 Å². The number of nitrogens with one attached hydrogen (secondary N) is 2. The molecule has 2 nitrogen and oxygen atoms in total. The van der Waals surface area contributed by atoms with Gasteiger partial charge in [0.1, 0.15) is 0 Å². The molecule has 0 aromatic heterocycles. The summed E-state index contributed by atoms with van der Waals surface area (Å²) < 4.78 is 0. The predicted octanol–water partition coefficient (Wildman–Crippen LogP) is 3.06. The van der Waals surface area contributed by atoms with Crippen molar-refractivity contribution >= 4 is 17.3 Å². The van der Waals surface area contributed by atoms with Crippen molar-refractivity contribution in [3.05, 3.63) is 71.8 Å². The number of rotatable bonds is 4. The largest absolute Gasteiger partial charge is 0.366 e. The molecule has 2 aromatic rings. The zero-order chi connectivity index (χ0) is 13.5. The van der Waals surface area contributed by atoms with Crippen LogP contribution in [0.5, 0.6) is 0 Å². The Morgan fingerprint density at radius 2 is 1.58 bits per heavy atom. The lowest BCUT2D eigenvalue weighted by Crippen LogP contribution is -2.36. The maximum absolute atomic E-state index is 5.23. The fourth-order valence-electron chi connectivity index (χ4n) is 2.02. The fraction of sp³-hybridized carbons (Fsp3) is 0.188. The molecule has 0 radical (unpaired) electrons. The van der Waals surface area contributed by atoms with Gasteiger partial charge in [-0.05, 0) is 29.8 Å². The van der Waals surface area contributed by atoms with Crippen LogP contribution in [0.25, 0.3) is 0 Å². The molecule has 0 fully saturated rings. The second-order valence-electron chi connectivity index (χ2n) is 4.38. The molecule has 2 aromatic carbocycles. The fourth-order valence-corrected chi connectivity index (χ4v) is 2.16. The lowest BCUT2D eigenvalue weighted by Gasteiger charge is -2.20. The molecule has 0 saturated heterocycles. The topological polar surface area (TPSA) is 24.1 Å². The van der Waals surface area contributed by atoms with Crippen LogP contribution < -0.4 is 10.6 Å². The van der Waals surface area contributed by atoms with Gasteiger partial charge in [-0.1, -0.05) is 60.7 Å². The van der Waals surface area contributed by atoms with Crippen molar-refractivity contribution in [2.45, 2.75) is 12.5 Å². The minimum absolute atomic E-state index is 0.184. The molecule has 19 heavy (non-hydrogen) atoms. The minimum atomic E-state index is 0.184. The first-order valence-corrected chi connectivity index (χ1v) is 6.77. The molecule has 1 atom stereocenters. The maximum Gasteiger partial charge on any atom is 0.166 e. The first-order valence-electron chi connectivity index (χ1n) is 6.36. The van der Waals surface area contributed by atoms with E-state index in [1.54, 1.807) is 0 Å². The van der Waals surface area contributed by atoms with Gasteiger partial charge >= 0.3 is 0 Å². The van der Waals surface area contributed by atoms with Crippen molar-refractivity contribution in [1.82, 2.24) is 10.6 Å². The molecule has 0 aliphatic heterocycles. The number of hydrogen-bond acceptors (Lipinski definition) is 1. The van der Waals surface area contributed by atoms with Gasteiger partial charge in [0, 0.05) is 7.05 Å². The third-order valence-corrected chi connectivity index (χ3v) is 3.34. The van der Waals surface area contributed by atoms with E-state index < -0.39 is 0 Å². The summed E-state index contributed by atoms with van der Waals surface area (Å²) in [5, 5.41) is 6.99. The van der Waals surface area contributed by atoms with Gasteiger partial charge in [0.2, 0.25) is 0 Å². The second-order valence-corrected chi connectivity index (χ2v) is 4.78. The lowest BCUT2D eigenvalue weighted by atomic mass is 9.99. The smallest absolute Gasteiger partial charge is 0.166 e. The zero-order valence-corrected chi connectivity index (χ0v) is 11.8. The van der Waals surface area contributed by atoms with Crippen LogP contribution in [-0.2, 0) is 6.42 Å². The summed E-state index contributed by atoms with van der Waals surface area (Å²) in [6.07, 6.45) is 0.909. The third kappa shape index (κ3) is 4.07. The lowest BCUT2D eigenvalue weighted by molar-refractivity contribution is 0.639. The first kappa shape index (κ1) is 13.6. The summed E-state index contributed by atoms with van der Waals surface area (Å²) in [7, 11) is 1.83. The molecule has 3 heteroatoms. The van der Waals surface area contributed by atoms with E-state index in [1.165, 1.54) is 11.1 Å².